The molecule has 0 aliphatic heterocycles. The van der Waals surface area contributed by atoms with Crippen LogP contribution in [0.1, 0.15) is 5.56 Å². The number of alkyl halides is 3. The second-order valence-electron chi connectivity index (χ2n) is 4.28. The molecule has 20 heavy (non-hydrogen) atoms. The molecule has 2 N–H and O–H groups in total. The van der Waals surface area contributed by atoms with Crippen molar-refractivity contribution in [1.29, 1.82) is 0 Å². The summed E-state index contributed by atoms with van der Waals surface area (Å²) in [5, 5.41) is 0.444. The Morgan fingerprint density at radius 3 is 2.35 bits per heavy atom. The van der Waals surface area contributed by atoms with Crippen LogP contribution in [-0.4, -0.2) is 4.98 Å². The summed E-state index contributed by atoms with van der Waals surface area (Å²) in [6.07, 6.45) is -4.32. The standard InChI is InChI=1S/C14H9F3N2S/c15-14(16,17)9-6-4-8(5-7-9)10-2-1-3-11-12(10)19-13(18)20-11/h1-7H,(H2,18,19). The Morgan fingerprint density at radius 1 is 1.00 bits per heavy atom. The Bertz CT molecular complexity index is 760. The van der Waals surface area contributed by atoms with E-state index in [4.69, 9.17) is 5.73 Å². The number of benzene rings is 2. The lowest BCUT2D eigenvalue weighted by Gasteiger charge is -2.08. The van der Waals surface area contributed by atoms with Crippen LogP contribution in [0.15, 0.2) is 42.5 Å². The number of fused-ring (bicyclic) bond motifs is 1. The van der Waals surface area contributed by atoms with Gasteiger partial charge in [-0.05, 0) is 23.8 Å². The van der Waals surface area contributed by atoms with E-state index in [9.17, 15) is 13.2 Å². The number of hydrogen-bond acceptors (Lipinski definition) is 3. The number of nitrogens with two attached hydrogens (primary N) is 1. The summed E-state index contributed by atoms with van der Waals surface area (Å²) in [4.78, 5) is 4.23. The molecule has 3 rings (SSSR count). The Balaban J connectivity index is 2.11. The quantitative estimate of drug-likeness (QED) is 0.714. The maximum Gasteiger partial charge on any atom is 0.416 e. The molecule has 0 saturated carbocycles. The largest absolute Gasteiger partial charge is 0.416 e. The second-order valence-corrected chi connectivity index (χ2v) is 5.34. The minimum Gasteiger partial charge on any atom is -0.375 e. The lowest BCUT2D eigenvalue weighted by Crippen LogP contribution is -2.03. The first kappa shape index (κ1) is 12.9. The van der Waals surface area contributed by atoms with Crippen molar-refractivity contribution < 1.29 is 13.2 Å². The van der Waals surface area contributed by atoms with Crippen LogP contribution >= 0.6 is 11.3 Å². The molecule has 102 valence electrons. The fourth-order valence-corrected chi connectivity index (χ4v) is 2.80. The summed E-state index contributed by atoms with van der Waals surface area (Å²) in [5.74, 6) is 0. The van der Waals surface area contributed by atoms with Crippen molar-refractivity contribution in [2.24, 2.45) is 0 Å². The zero-order valence-corrected chi connectivity index (χ0v) is 10.9. The highest BCUT2D eigenvalue weighted by Crippen LogP contribution is 2.34. The Hall–Kier alpha value is -2.08. The van der Waals surface area contributed by atoms with Gasteiger partial charge in [0.25, 0.3) is 0 Å². The van der Waals surface area contributed by atoms with Gasteiger partial charge in [0.1, 0.15) is 0 Å². The van der Waals surface area contributed by atoms with Crippen molar-refractivity contribution in [2.45, 2.75) is 6.18 Å². The summed E-state index contributed by atoms with van der Waals surface area (Å²) in [6.45, 7) is 0. The van der Waals surface area contributed by atoms with Crippen molar-refractivity contribution in [3.63, 3.8) is 0 Å². The maximum absolute atomic E-state index is 12.6. The average molecular weight is 294 g/mol. The molecule has 3 aromatic rings. The van der Waals surface area contributed by atoms with Crippen molar-refractivity contribution in [3.8, 4) is 11.1 Å². The van der Waals surface area contributed by atoms with Gasteiger partial charge in [-0.1, -0.05) is 35.6 Å². The third-order valence-corrected chi connectivity index (χ3v) is 3.81. The van der Waals surface area contributed by atoms with Gasteiger partial charge in [-0.3, -0.25) is 0 Å². The molecule has 0 saturated heterocycles. The summed E-state index contributed by atoms with van der Waals surface area (Å²) in [5.41, 5.74) is 7.20. The van der Waals surface area contributed by atoms with Crippen LogP contribution < -0.4 is 5.73 Å². The van der Waals surface area contributed by atoms with Crippen LogP contribution in [0.25, 0.3) is 21.3 Å². The van der Waals surface area contributed by atoms with Gasteiger partial charge in [-0.15, -0.1) is 0 Å². The topological polar surface area (TPSA) is 38.9 Å². The molecule has 0 aliphatic rings. The predicted molar refractivity (Wildman–Crippen MR) is 74.5 cm³/mol. The van der Waals surface area contributed by atoms with Crippen molar-refractivity contribution in [3.05, 3.63) is 48.0 Å². The molecule has 1 aromatic heterocycles. The summed E-state index contributed by atoms with van der Waals surface area (Å²) in [6, 6.07) is 10.6. The number of aromatic nitrogens is 1. The van der Waals surface area contributed by atoms with E-state index in [1.54, 1.807) is 0 Å². The molecule has 0 bridgehead atoms. The minimum atomic E-state index is -4.32. The van der Waals surface area contributed by atoms with Gasteiger partial charge in [0.15, 0.2) is 5.13 Å². The van der Waals surface area contributed by atoms with Crippen LogP contribution in [0.4, 0.5) is 18.3 Å². The van der Waals surface area contributed by atoms with E-state index in [1.807, 2.05) is 18.2 Å². The van der Waals surface area contributed by atoms with E-state index in [0.717, 1.165) is 27.9 Å². The van der Waals surface area contributed by atoms with E-state index in [0.29, 0.717) is 10.7 Å². The fraction of sp³-hybridized carbons (Fsp3) is 0.0714. The van der Waals surface area contributed by atoms with Crippen molar-refractivity contribution >= 4 is 26.7 Å². The molecular formula is C14H9F3N2S. The molecule has 2 aromatic carbocycles. The number of nitrogens with zero attached hydrogens (tertiary/aromatic N) is 1. The van der Waals surface area contributed by atoms with E-state index >= 15 is 0 Å². The number of halogens is 3. The molecule has 0 aliphatic carbocycles. The molecule has 0 unspecified atom stereocenters. The van der Waals surface area contributed by atoms with Crippen LogP contribution in [0.3, 0.4) is 0 Å². The third-order valence-electron chi connectivity index (χ3n) is 2.96. The maximum atomic E-state index is 12.6. The monoisotopic (exact) mass is 294 g/mol. The number of anilines is 1. The van der Waals surface area contributed by atoms with Crippen molar-refractivity contribution in [1.82, 2.24) is 4.98 Å². The van der Waals surface area contributed by atoms with E-state index in [2.05, 4.69) is 4.98 Å². The van der Waals surface area contributed by atoms with Gasteiger partial charge >= 0.3 is 6.18 Å². The first-order valence-corrected chi connectivity index (χ1v) is 6.59. The number of rotatable bonds is 1. The Kier molecular flexibility index (Phi) is 2.90. The van der Waals surface area contributed by atoms with Gasteiger partial charge in [0.2, 0.25) is 0 Å². The smallest absolute Gasteiger partial charge is 0.375 e. The molecule has 6 heteroatoms. The van der Waals surface area contributed by atoms with Crippen LogP contribution in [0.2, 0.25) is 0 Å². The van der Waals surface area contributed by atoms with Gasteiger partial charge in [0, 0.05) is 5.56 Å². The van der Waals surface area contributed by atoms with Gasteiger partial charge < -0.3 is 5.73 Å². The molecule has 2 nitrogen and oxygen atoms in total. The highest BCUT2D eigenvalue weighted by Gasteiger charge is 2.30. The fourth-order valence-electron chi connectivity index (χ4n) is 2.04. The van der Waals surface area contributed by atoms with E-state index < -0.39 is 11.7 Å². The van der Waals surface area contributed by atoms with Gasteiger partial charge in [-0.2, -0.15) is 13.2 Å². The summed E-state index contributed by atoms with van der Waals surface area (Å²) < 4.78 is 38.6. The summed E-state index contributed by atoms with van der Waals surface area (Å²) >= 11 is 1.36. The zero-order chi connectivity index (χ0) is 14.3. The number of para-hydroxylation sites is 1. The highest BCUT2D eigenvalue weighted by molar-refractivity contribution is 7.22. The average Bonchev–Trinajstić information content (AvgIpc) is 2.78. The number of hydrogen-bond donors (Lipinski definition) is 1. The molecule has 1 heterocycles. The molecule has 0 radical (unpaired) electrons. The van der Waals surface area contributed by atoms with E-state index in [-0.39, 0.29) is 0 Å². The first-order valence-electron chi connectivity index (χ1n) is 5.78. The highest BCUT2D eigenvalue weighted by atomic mass is 32.1. The Morgan fingerprint density at radius 2 is 1.70 bits per heavy atom. The Labute approximate surface area is 116 Å². The molecule has 0 spiro atoms. The molecule has 0 amide bonds. The van der Waals surface area contributed by atoms with E-state index in [1.165, 1.54) is 23.5 Å². The van der Waals surface area contributed by atoms with Crippen LogP contribution in [0.5, 0.6) is 0 Å². The SMILES string of the molecule is Nc1nc2c(-c3ccc(C(F)(F)F)cc3)cccc2s1. The molecule has 0 fully saturated rings. The normalized spacial score (nSPS) is 11.9. The zero-order valence-electron chi connectivity index (χ0n) is 10.1. The van der Waals surface area contributed by atoms with Gasteiger partial charge in [0.05, 0.1) is 15.8 Å². The van der Waals surface area contributed by atoms with Crippen molar-refractivity contribution in [2.75, 3.05) is 5.73 Å². The first-order chi connectivity index (χ1) is 9.45. The predicted octanol–water partition coefficient (Wildman–Crippen LogP) is 4.56. The lowest BCUT2D eigenvalue weighted by molar-refractivity contribution is -0.137. The van der Waals surface area contributed by atoms with Gasteiger partial charge in [-0.25, -0.2) is 4.98 Å². The second kappa shape index (κ2) is 4.49. The molecular weight excluding hydrogens is 285 g/mol. The lowest BCUT2D eigenvalue weighted by atomic mass is 10.0. The summed E-state index contributed by atoms with van der Waals surface area (Å²) in [7, 11) is 0. The minimum absolute atomic E-state index is 0.444. The van der Waals surface area contributed by atoms with Crippen LogP contribution in [-0.2, 0) is 6.18 Å². The number of thiazole rings is 1. The number of nitrogen functional groups attached to an aromatic ring is 1. The third kappa shape index (κ3) is 2.22. The molecule has 0 atom stereocenters. The van der Waals surface area contributed by atoms with Crippen LogP contribution in [0, 0.1) is 0 Å².